The number of carbonyl (C=O) groups excluding carboxylic acids is 3. The van der Waals surface area contributed by atoms with E-state index in [1.165, 1.54) is 22.8 Å². The number of nitriles is 1. The summed E-state index contributed by atoms with van der Waals surface area (Å²) in [4.78, 5) is 44.3. The van der Waals surface area contributed by atoms with Crippen LogP contribution in [0.15, 0.2) is 54.9 Å². The maximum absolute atomic E-state index is 15.1. The Morgan fingerprint density at radius 3 is 2.27 bits per heavy atom. The Labute approximate surface area is 339 Å². The third-order valence-electron chi connectivity index (χ3n) is 12.7. The normalized spacial score (nSPS) is 22.4. The predicted octanol–water partition coefficient (Wildman–Crippen LogP) is 4.82. The Kier molecular flexibility index (Phi) is 9.93. The van der Waals surface area contributed by atoms with E-state index in [1.807, 2.05) is 27.9 Å². The van der Waals surface area contributed by atoms with Gasteiger partial charge < -0.3 is 15.3 Å². The highest BCUT2D eigenvalue weighted by Crippen LogP contribution is 2.37. The smallest absolute Gasteiger partial charge is 0.274 e. The second-order valence-electron chi connectivity index (χ2n) is 16.9. The Bertz CT molecular complexity index is 2490. The average molecular weight is 805 g/mol. The molecular formula is C43H46F2N10O4. The maximum atomic E-state index is 15.1. The summed E-state index contributed by atoms with van der Waals surface area (Å²) < 4.78 is 33.8. The van der Waals surface area contributed by atoms with Crippen molar-refractivity contribution >= 4 is 45.5 Å². The van der Waals surface area contributed by atoms with E-state index in [2.05, 4.69) is 31.6 Å². The summed E-state index contributed by atoms with van der Waals surface area (Å²) in [5, 5.41) is 35.6. The fraction of sp³-hybridized carbons (Fsp3) is 0.442. The molecule has 0 bridgehead atoms. The van der Waals surface area contributed by atoms with E-state index >= 15 is 8.78 Å². The average Bonchev–Trinajstić information content (AvgIpc) is 3.81. The SMILES string of the molecule is CC(C)(O)c1cc2nn(C3CCC(N4CCN(C5CN(c6cc(F)c([C@H]7CCC(=O)NC7=O)c(F)c6)C5)CC4)CC3)cc2cc1NC(=O)c1ccc2cc(C#N)cnn12. The lowest BCUT2D eigenvalue weighted by Gasteiger charge is -2.50. The number of anilines is 2. The first-order valence-electron chi connectivity index (χ1n) is 20.3. The van der Waals surface area contributed by atoms with Gasteiger partial charge in [-0.3, -0.25) is 34.2 Å². The zero-order valence-electron chi connectivity index (χ0n) is 33.0. The fourth-order valence-electron chi connectivity index (χ4n) is 9.41. The second-order valence-corrected chi connectivity index (χ2v) is 16.9. The van der Waals surface area contributed by atoms with Crippen LogP contribution in [0.4, 0.5) is 20.2 Å². The van der Waals surface area contributed by atoms with Crippen LogP contribution in [0.2, 0.25) is 0 Å². The monoisotopic (exact) mass is 804 g/mol. The molecule has 2 aromatic carbocycles. The van der Waals surface area contributed by atoms with Crippen molar-refractivity contribution in [2.24, 2.45) is 0 Å². The molecule has 0 spiro atoms. The summed E-state index contributed by atoms with van der Waals surface area (Å²) in [6, 6.07) is 14.5. The number of nitrogens with one attached hydrogen (secondary N) is 2. The molecule has 59 heavy (non-hydrogen) atoms. The Morgan fingerprint density at radius 1 is 0.932 bits per heavy atom. The summed E-state index contributed by atoms with van der Waals surface area (Å²) in [5.41, 5.74) is 2.05. The Morgan fingerprint density at radius 2 is 1.61 bits per heavy atom. The highest BCUT2D eigenvalue weighted by molar-refractivity contribution is 6.05. The summed E-state index contributed by atoms with van der Waals surface area (Å²) in [5.74, 6) is -3.99. The molecular weight excluding hydrogens is 759 g/mol. The van der Waals surface area contributed by atoms with Gasteiger partial charge in [-0.2, -0.15) is 15.5 Å². The van der Waals surface area contributed by atoms with E-state index < -0.39 is 40.9 Å². The van der Waals surface area contributed by atoms with Crippen LogP contribution >= 0.6 is 0 Å². The lowest BCUT2D eigenvalue weighted by Crippen LogP contribution is -2.64. The third-order valence-corrected chi connectivity index (χ3v) is 12.7. The number of fused-ring (bicyclic) bond motifs is 2. The van der Waals surface area contributed by atoms with Gasteiger partial charge in [0.15, 0.2) is 0 Å². The number of benzene rings is 2. The number of halogens is 2. The lowest BCUT2D eigenvalue weighted by molar-refractivity contribution is -0.134. The Hall–Kier alpha value is -5.76. The van der Waals surface area contributed by atoms with Crippen molar-refractivity contribution in [3.63, 3.8) is 0 Å². The molecule has 9 rings (SSSR count). The standard InChI is InChI=1S/C43H46F2N10O4/c1-43(2,59)33-19-36-26(16-37(33)48-42(58)38-9-7-29-15-25(20-46)21-47-55(29)38)22-54(50-36)28-5-3-27(4-6-28)51-11-13-52(14-12-51)31-23-53(24-31)30-17-34(44)40(35(45)18-30)32-8-10-39(56)49-41(32)57/h7,9,15-19,21-22,27-28,31-32,59H,3-6,8,10-14,23-24H2,1-2H3,(H,48,58)(H,49,56,57)/t27?,28?,32-/m1/s1. The zero-order chi connectivity index (χ0) is 41.2. The highest BCUT2D eigenvalue weighted by Gasteiger charge is 2.38. The van der Waals surface area contributed by atoms with E-state index in [9.17, 15) is 24.8 Å². The van der Waals surface area contributed by atoms with Crippen molar-refractivity contribution in [1.82, 2.24) is 34.5 Å². The second kappa shape index (κ2) is 15.1. The molecule has 3 aromatic heterocycles. The van der Waals surface area contributed by atoms with Crippen LogP contribution < -0.4 is 15.5 Å². The number of imide groups is 1. The quantitative estimate of drug-likeness (QED) is 0.185. The van der Waals surface area contributed by atoms with E-state index in [1.54, 1.807) is 32.0 Å². The number of piperidine rings is 1. The molecule has 4 aliphatic rings. The van der Waals surface area contributed by atoms with Gasteiger partial charge in [0.05, 0.1) is 40.4 Å². The number of aliphatic hydroxyl groups is 1. The molecule has 16 heteroatoms. The van der Waals surface area contributed by atoms with Crippen molar-refractivity contribution in [2.45, 2.75) is 82.0 Å². The number of aromatic nitrogens is 4. The summed E-state index contributed by atoms with van der Waals surface area (Å²) in [7, 11) is 0. The molecule has 3 aliphatic heterocycles. The first kappa shape index (κ1) is 38.7. The molecule has 306 valence electrons. The van der Waals surface area contributed by atoms with E-state index in [4.69, 9.17) is 5.10 Å². The minimum atomic E-state index is -1.26. The van der Waals surface area contributed by atoms with Crippen LogP contribution in [0.1, 0.15) is 91.5 Å². The van der Waals surface area contributed by atoms with Crippen LogP contribution in [-0.2, 0) is 15.2 Å². The van der Waals surface area contributed by atoms with Crippen LogP contribution in [0, 0.1) is 23.0 Å². The molecule has 6 heterocycles. The number of rotatable bonds is 8. The molecule has 4 fully saturated rings. The molecule has 0 unspecified atom stereocenters. The fourth-order valence-corrected chi connectivity index (χ4v) is 9.41. The zero-order valence-corrected chi connectivity index (χ0v) is 33.0. The van der Waals surface area contributed by atoms with Crippen molar-refractivity contribution in [3.05, 3.63) is 88.9 Å². The molecule has 3 saturated heterocycles. The van der Waals surface area contributed by atoms with Gasteiger partial charge in [-0.1, -0.05) is 0 Å². The van der Waals surface area contributed by atoms with Crippen LogP contribution in [-0.4, -0.2) is 103 Å². The van der Waals surface area contributed by atoms with Crippen molar-refractivity contribution in [3.8, 4) is 6.07 Å². The predicted molar refractivity (Wildman–Crippen MR) is 215 cm³/mol. The number of nitrogens with zero attached hydrogens (tertiary/aromatic N) is 8. The van der Waals surface area contributed by atoms with E-state index in [-0.39, 0.29) is 24.4 Å². The van der Waals surface area contributed by atoms with Gasteiger partial charge in [-0.15, -0.1) is 0 Å². The topological polar surface area (TPSA) is 164 Å². The molecule has 1 aliphatic carbocycles. The van der Waals surface area contributed by atoms with Gasteiger partial charge in [-0.05, 0) is 88.4 Å². The molecule has 1 atom stereocenters. The number of hydrogen-bond acceptors (Lipinski definition) is 10. The van der Waals surface area contributed by atoms with E-state index in [0.29, 0.717) is 58.9 Å². The first-order valence-corrected chi connectivity index (χ1v) is 20.3. The van der Waals surface area contributed by atoms with Crippen LogP contribution in [0.25, 0.3) is 16.4 Å². The summed E-state index contributed by atoms with van der Waals surface area (Å²) in [6.07, 6.45) is 7.66. The molecule has 14 nitrogen and oxygen atoms in total. The lowest BCUT2D eigenvalue weighted by atomic mass is 9.89. The highest BCUT2D eigenvalue weighted by atomic mass is 19.1. The maximum Gasteiger partial charge on any atom is 0.274 e. The van der Waals surface area contributed by atoms with Gasteiger partial charge >= 0.3 is 0 Å². The van der Waals surface area contributed by atoms with Gasteiger partial charge in [0, 0.05) is 91.9 Å². The molecule has 1 saturated carbocycles. The third kappa shape index (κ3) is 7.43. The van der Waals surface area contributed by atoms with E-state index in [0.717, 1.165) is 62.8 Å². The largest absolute Gasteiger partial charge is 0.386 e. The van der Waals surface area contributed by atoms with Gasteiger partial charge in [0.25, 0.3) is 5.91 Å². The minimum Gasteiger partial charge on any atom is -0.386 e. The van der Waals surface area contributed by atoms with Crippen LogP contribution in [0.3, 0.4) is 0 Å². The van der Waals surface area contributed by atoms with Gasteiger partial charge in [0.1, 0.15) is 23.4 Å². The molecule has 0 radical (unpaired) electrons. The number of amides is 3. The number of hydrogen-bond donors (Lipinski definition) is 3. The Balaban J connectivity index is 0.787. The molecule has 3 amide bonds. The molecule has 5 aromatic rings. The minimum absolute atomic E-state index is 0.0571. The van der Waals surface area contributed by atoms with Crippen molar-refractivity contribution in [2.75, 3.05) is 49.5 Å². The summed E-state index contributed by atoms with van der Waals surface area (Å²) >= 11 is 0. The number of piperazine rings is 1. The van der Waals surface area contributed by atoms with Gasteiger partial charge in [-0.25, -0.2) is 13.3 Å². The summed E-state index contributed by atoms with van der Waals surface area (Å²) in [6.45, 7) is 8.51. The van der Waals surface area contributed by atoms with Crippen molar-refractivity contribution < 1.29 is 28.3 Å². The molecule has 3 N–H and O–H groups in total. The first-order chi connectivity index (χ1) is 28.3. The van der Waals surface area contributed by atoms with Crippen LogP contribution in [0.5, 0.6) is 0 Å². The number of carbonyl (C=O) groups is 3. The van der Waals surface area contributed by atoms with Crippen molar-refractivity contribution in [1.29, 1.82) is 5.26 Å². The van der Waals surface area contributed by atoms with Gasteiger partial charge in [0.2, 0.25) is 11.8 Å².